The zero-order valence-electron chi connectivity index (χ0n) is 14.5. The number of halogens is 1. The van der Waals surface area contributed by atoms with Crippen molar-refractivity contribution in [1.82, 2.24) is 0 Å². The zero-order valence-corrected chi connectivity index (χ0v) is 14.5. The number of quaternary nitrogens is 1. The lowest BCUT2D eigenvalue weighted by Gasteiger charge is -2.06. The van der Waals surface area contributed by atoms with Crippen molar-refractivity contribution < 1.29 is 9.60 Å². The predicted octanol–water partition coefficient (Wildman–Crippen LogP) is 1.62. The van der Waals surface area contributed by atoms with Crippen molar-refractivity contribution in [1.29, 1.82) is 0 Å². The second-order valence-corrected chi connectivity index (χ2v) is 6.55. The molecular weight excluding hydrogens is 249 g/mol. The van der Waals surface area contributed by atoms with E-state index in [0.29, 0.717) is 0 Å². The lowest BCUT2D eigenvalue weighted by molar-refractivity contribution is -0.858. The number of unbranched alkanes of at least 4 members (excludes halogenated alkanes) is 13. The highest BCUT2D eigenvalue weighted by atomic mass is 19.0. The zero-order chi connectivity index (χ0) is 14.2. The average Bonchev–Trinajstić information content (AvgIpc) is 2.39. The molecule has 124 valence electrons. The molecule has 0 spiro atoms. The molecule has 1 nitrogen and oxygen atoms in total. The van der Waals surface area contributed by atoms with Gasteiger partial charge in [-0.1, -0.05) is 84.0 Å². The molecule has 0 aliphatic rings. The van der Waals surface area contributed by atoms with Gasteiger partial charge in [0.2, 0.25) is 0 Å². The summed E-state index contributed by atoms with van der Waals surface area (Å²) in [6.07, 6.45) is 20.4. The van der Waals surface area contributed by atoms with Crippen molar-refractivity contribution in [3.05, 3.63) is 0 Å². The second-order valence-electron chi connectivity index (χ2n) is 6.55. The van der Waals surface area contributed by atoms with E-state index in [1.807, 2.05) is 0 Å². The SMILES string of the molecule is CCCCCCCCCCCCCCCC[NH+](C)C.[F-]. The van der Waals surface area contributed by atoms with E-state index >= 15 is 0 Å². The molecule has 0 aromatic heterocycles. The molecule has 0 radical (unpaired) electrons. The van der Waals surface area contributed by atoms with E-state index in [-0.39, 0.29) is 4.70 Å². The smallest absolute Gasteiger partial charge is 0.0766 e. The number of hydrogen-bond acceptors (Lipinski definition) is 0. The maximum atomic E-state index is 2.29. The van der Waals surface area contributed by atoms with Gasteiger partial charge in [-0.05, 0) is 12.8 Å². The van der Waals surface area contributed by atoms with Gasteiger partial charge in [0.25, 0.3) is 0 Å². The third-order valence-corrected chi connectivity index (χ3v) is 4.03. The van der Waals surface area contributed by atoms with Crippen molar-refractivity contribution in [2.45, 2.75) is 96.8 Å². The van der Waals surface area contributed by atoms with Gasteiger partial charge in [0.1, 0.15) is 0 Å². The molecule has 0 saturated carbocycles. The Morgan fingerprint density at radius 1 is 0.500 bits per heavy atom. The van der Waals surface area contributed by atoms with Crippen LogP contribution in [0, 0.1) is 0 Å². The second kappa shape index (κ2) is 18.9. The summed E-state index contributed by atoms with van der Waals surface area (Å²) in [5.74, 6) is 0. The highest BCUT2D eigenvalue weighted by molar-refractivity contribution is 4.49. The quantitative estimate of drug-likeness (QED) is 0.437. The Bertz CT molecular complexity index is 159. The summed E-state index contributed by atoms with van der Waals surface area (Å²) < 4.78 is 0. The summed E-state index contributed by atoms with van der Waals surface area (Å²) in [6, 6.07) is 0. The first-order chi connectivity index (χ1) is 9.27. The van der Waals surface area contributed by atoms with E-state index in [2.05, 4.69) is 21.0 Å². The molecule has 2 heteroatoms. The van der Waals surface area contributed by atoms with Gasteiger partial charge in [0.15, 0.2) is 0 Å². The summed E-state index contributed by atoms with van der Waals surface area (Å²) in [7, 11) is 4.50. The van der Waals surface area contributed by atoms with Crippen LogP contribution in [-0.2, 0) is 0 Å². The first kappa shape index (κ1) is 22.2. The monoisotopic (exact) mass is 289 g/mol. The molecule has 0 rings (SSSR count). The van der Waals surface area contributed by atoms with Crippen LogP contribution in [0.5, 0.6) is 0 Å². The lowest BCUT2D eigenvalue weighted by Crippen LogP contribution is -3.05. The lowest BCUT2D eigenvalue weighted by atomic mass is 10.0. The summed E-state index contributed by atoms with van der Waals surface area (Å²) in [6.45, 7) is 3.64. The largest absolute Gasteiger partial charge is 1.00 e. The molecule has 0 heterocycles. The molecule has 1 N–H and O–H groups in total. The normalized spacial score (nSPS) is 10.8. The molecule has 0 fully saturated rings. The number of nitrogens with one attached hydrogen (secondary N) is 1. The van der Waals surface area contributed by atoms with Crippen LogP contribution >= 0.6 is 0 Å². The molecular formula is C18H40FN. The van der Waals surface area contributed by atoms with Gasteiger partial charge in [-0.25, -0.2) is 0 Å². The third-order valence-electron chi connectivity index (χ3n) is 4.03. The van der Waals surface area contributed by atoms with Crippen molar-refractivity contribution in [2.75, 3.05) is 20.6 Å². The maximum Gasteiger partial charge on any atom is 0.0766 e. The molecule has 0 aliphatic heterocycles. The van der Waals surface area contributed by atoms with E-state index in [0.717, 1.165) is 0 Å². The molecule has 0 aromatic carbocycles. The molecule has 0 bridgehead atoms. The molecule has 0 aliphatic carbocycles. The van der Waals surface area contributed by atoms with Gasteiger partial charge >= 0.3 is 0 Å². The van der Waals surface area contributed by atoms with Gasteiger partial charge in [-0.2, -0.15) is 0 Å². The summed E-state index contributed by atoms with van der Waals surface area (Å²) in [4.78, 5) is 1.60. The Labute approximate surface area is 127 Å². The van der Waals surface area contributed by atoms with E-state index in [1.165, 1.54) is 96.4 Å². The van der Waals surface area contributed by atoms with Crippen LogP contribution in [0.2, 0.25) is 0 Å². The van der Waals surface area contributed by atoms with E-state index in [9.17, 15) is 0 Å². The van der Waals surface area contributed by atoms with Crippen molar-refractivity contribution in [3.8, 4) is 0 Å². The maximum absolute atomic E-state index is 2.29. The van der Waals surface area contributed by atoms with Gasteiger partial charge in [-0.3, -0.25) is 0 Å². The van der Waals surface area contributed by atoms with Crippen LogP contribution in [0.15, 0.2) is 0 Å². The molecule has 0 aromatic rings. The van der Waals surface area contributed by atoms with Crippen molar-refractivity contribution in [2.24, 2.45) is 0 Å². The summed E-state index contributed by atoms with van der Waals surface area (Å²) in [5.41, 5.74) is 0. The van der Waals surface area contributed by atoms with Crippen LogP contribution < -0.4 is 9.60 Å². The predicted molar refractivity (Wildman–Crippen MR) is 88.0 cm³/mol. The minimum atomic E-state index is 0. The Morgan fingerprint density at radius 2 is 0.800 bits per heavy atom. The first-order valence-electron chi connectivity index (χ1n) is 9.06. The highest BCUT2D eigenvalue weighted by Crippen LogP contribution is 2.12. The van der Waals surface area contributed by atoms with Gasteiger partial charge in [0.05, 0.1) is 20.6 Å². The van der Waals surface area contributed by atoms with Crippen molar-refractivity contribution >= 4 is 0 Å². The topological polar surface area (TPSA) is 4.44 Å². The fraction of sp³-hybridized carbons (Fsp3) is 1.00. The minimum Gasteiger partial charge on any atom is -1.00 e. The Hall–Kier alpha value is -0.110. The minimum absolute atomic E-state index is 0. The number of rotatable bonds is 15. The van der Waals surface area contributed by atoms with Crippen LogP contribution in [0.25, 0.3) is 0 Å². The first-order valence-corrected chi connectivity index (χ1v) is 9.06. The number of hydrogen-bond donors (Lipinski definition) is 1. The standard InChI is InChI=1S/C18H39N.FH/c1-4-5-6-7-8-9-10-11-12-13-14-15-16-17-18-19(2)3;/h4-18H2,1-3H3;1H. The van der Waals surface area contributed by atoms with Gasteiger partial charge < -0.3 is 9.60 Å². The molecule has 0 atom stereocenters. The van der Waals surface area contributed by atoms with Crippen LogP contribution in [-0.4, -0.2) is 20.6 Å². The Kier molecular flexibility index (Phi) is 20.9. The molecule has 0 saturated heterocycles. The average molecular weight is 290 g/mol. The molecule has 0 amide bonds. The Morgan fingerprint density at radius 3 is 1.10 bits per heavy atom. The van der Waals surface area contributed by atoms with Crippen LogP contribution in [0.3, 0.4) is 0 Å². The third kappa shape index (κ3) is 20.2. The van der Waals surface area contributed by atoms with Crippen molar-refractivity contribution in [3.63, 3.8) is 0 Å². The van der Waals surface area contributed by atoms with Crippen LogP contribution in [0.4, 0.5) is 0 Å². The molecule has 20 heavy (non-hydrogen) atoms. The highest BCUT2D eigenvalue weighted by Gasteiger charge is 1.95. The Balaban J connectivity index is 0. The van der Waals surface area contributed by atoms with Gasteiger partial charge in [-0.15, -0.1) is 0 Å². The summed E-state index contributed by atoms with van der Waals surface area (Å²) in [5, 5.41) is 0. The van der Waals surface area contributed by atoms with Gasteiger partial charge in [0, 0.05) is 0 Å². The van der Waals surface area contributed by atoms with Crippen LogP contribution in [0.1, 0.15) is 96.8 Å². The van der Waals surface area contributed by atoms with E-state index in [1.54, 1.807) is 4.90 Å². The fourth-order valence-corrected chi connectivity index (χ4v) is 2.67. The van der Waals surface area contributed by atoms with E-state index < -0.39 is 0 Å². The molecule has 0 unspecified atom stereocenters. The van der Waals surface area contributed by atoms with E-state index in [4.69, 9.17) is 0 Å². The fourth-order valence-electron chi connectivity index (χ4n) is 2.67. The summed E-state index contributed by atoms with van der Waals surface area (Å²) >= 11 is 0.